The van der Waals surface area contributed by atoms with E-state index in [1.807, 2.05) is 25.7 Å². The number of carbonyl (C=O) groups is 2. The number of ether oxygens (including phenoxy) is 4. The Hall–Kier alpha value is -4.52. The van der Waals surface area contributed by atoms with Crippen molar-refractivity contribution in [2.45, 2.75) is 96.6 Å². The number of thiophene rings is 1. The summed E-state index contributed by atoms with van der Waals surface area (Å²) in [6, 6.07) is 5.81. The number of aromatic nitrogens is 2. The Morgan fingerprint density at radius 3 is 2.40 bits per heavy atom. The number of carbonyl (C=O) groups excluding carboxylic acids is 2. The molecule has 0 spiro atoms. The number of nitrogens with zero attached hydrogens (tertiary/aromatic N) is 5. The molecule has 2 amide bonds. The molecule has 2 unspecified atom stereocenters. The number of rotatable bonds is 6. The molecule has 55 heavy (non-hydrogen) atoms. The number of halogens is 3. The standard InChI is InChI=1S/C39H41ClF2N6O6S/c1-37(2,3)53-35(49)46-33-24(14-43)27-22(9-10-26(41)31(27)55-33)28-25(40)11-23-30(29(28)42)44-34(52-18-39-12-21(13-39)51-17-39)45-32(23)47-15-19-7-8-20(16-47)48(19)36(50)54-38(4,5)6/h9-11,19-21H,7-8,12-13,15-18H2,1-6H3,(H,46,49). The highest BCUT2D eigenvalue weighted by Crippen LogP contribution is 2.51. The van der Waals surface area contributed by atoms with Crippen LogP contribution >= 0.6 is 22.9 Å². The molecule has 6 heterocycles. The van der Waals surface area contributed by atoms with Crippen molar-refractivity contribution < 1.29 is 37.3 Å². The van der Waals surface area contributed by atoms with E-state index in [9.17, 15) is 14.9 Å². The van der Waals surface area contributed by atoms with Gasteiger partial charge in [-0.15, -0.1) is 11.3 Å². The smallest absolute Gasteiger partial charge is 0.412 e. The van der Waals surface area contributed by atoms with Gasteiger partial charge < -0.3 is 23.8 Å². The van der Waals surface area contributed by atoms with Crippen LogP contribution in [0.25, 0.3) is 32.1 Å². The van der Waals surface area contributed by atoms with E-state index in [0.717, 1.165) is 37.0 Å². The second-order valence-electron chi connectivity index (χ2n) is 16.9. The van der Waals surface area contributed by atoms with Crippen molar-refractivity contribution >= 4 is 66.9 Å². The third kappa shape index (κ3) is 6.86. The predicted octanol–water partition coefficient (Wildman–Crippen LogP) is 8.81. The van der Waals surface area contributed by atoms with Crippen molar-refractivity contribution in [1.29, 1.82) is 5.26 Å². The Balaban J connectivity index is 1.22. The van der Waals surface area contributed by atoms with Gasteiger partial charge in [-0.1, -0.05) is 17.7 Å². The number of nitriles is 1. The van der Waals surface area contributed by atoms with E-state index in [-0.39, 0.29) is 78.0 Å². The topological polar surface area (TPSA) is 139 Å². The minimum atomic E-state index is -0.828. The van der Waals surface area contributed by atoms with Crippen molar-refractivity contribution in [1.82, 2.24) is 14.9 Å². The summed E-state index contributed by atoms with van der Waals surface area (Å²) in [5.74, 6) is -1.08. The SMILES string of the molecule is CC(C)(C)OC(=O)Nc1sc2c(F)ccc(-c3c(Cl)cc4c(N5CC6CCC(C5)N6C(=O)OC(C)(C)C)nc(OCC56COC(C5)C6)nc4c3F)c2c1C#N. The molecule has 4 saturated heterocycles. The number of amides is 2. The molecule has 2 atom stereocenters. The fourth-order valence-electron chi connectivity index (χ4n) is 8.19. The van der Waals surface area contributed by atoms with Gasteiger partial charge in [0, 0.05) is 34.8 Å². The van der Waals surface area contributed by atoms with E-state index in [0.29, 0.717) is 37.5 Å². The average Bonchev–Trinajstić information content (AvgIpc) is 3.84. The zero-order valence-electron chi connectivity index (χ0n) is 31.3. The zero-order chi connectivity index (χ0) is 39.2. The van der Waals surface area contributed by atoms with E-state index < -0.39 is 28.9 Å². The van der Waals surface area contributed by atoms with Crippen LogP contribution in [0, 0.1) is 28.4 Å². The molecule has 16 heteroatoms. The fourth-order valence-corrected chi connectivity index (χ4v) is 9.55. The molecule has 4 aliphatic heterocycles. The summed E-state index contributed by atoms with van der Waals surface area (Å²) in [6.07, 6.45) is 2.29. The lowest BCUT2D eigenvalue weighted by Crippen LogP contribution is -2.57. The summed E-state index contributed by atoms with van der Waals surface area (Å²) in [4.78, 5) is 39.2. The van der Waals surface area contributed by atoms with Crippen molar-refractivity contribution in [2.75, 3.05) is 36.5 Å². The average molecular weight is 795 g/mol. The van der Waals surface area contributed by atoms with Crippen molar-refractivity contribution in [2.24, 2.45) is 5.41 Å². The van der Waals surface area contributed by atoms with E-state index >= 15 is 8.78 Å². The summed E-state index contributed by atoms with van der Waals surface area (Å²) >= 11 is 7.80. The van der Waals surface area contributed by atoms with E-state index in [1.54, 1.807) is 31.7 Å². The summed E-state index contributed by atoms with van der Waals surface area (Å²) in [5, 5.41) is 13.3. The van der Waals surface area contributed by atoms with Gasteiger partial charge in [0.05, 0.1) is 46.7 Å². The zero-order valence-corrected chi connectivity index (χ0v) is 32.9. The molecule has 12 nitrogen and oxygen atoms in total. The van der Waals surface area contributed by atoms with Crippen molar-refractivity contribution in [3.63, 3.8) is 0 Å². The van der Waals surface area contributed by atoms with Crippen LogP contribution in [0.2, 0.25) is 5.02 Å². The Morgan fingerprint density at radius 2 is 1.78 bits per heavy atom. The van der Waals surface area contributed by atoms with Gasteiger partial charge in [0.25, 0.3) is 0 Å². The predicted molar refractivity (Wildman–Crippen MR) is 204 cm³/mol. The molecule has 5 aliphatic rings. The fraction of sp³-hybridized carbons (Fsp3) is 0.513. The van der Waals surface area contributed by atoms with Crippen LogP contribution < -0.4 is 15.0 Å². The molecular weight excluding hydrogens is 754 g/mol. The first kappa shape index (κ1) is 37.4. The Labute approximate surface area is 325 Å². The highest BCUT2D eigenvalue weighted by molar-refractivity contribution is 7.23. The maximum absolute atomic E-state index is 17.3. The Bertz CT molecular complexity index is 2280. The van der Waals surface area contributed by atoms with Crippen LogP contribution in [0.1, 0.15) is 72.8 Å². The minimum Gasteiger partial charge on any atom is -0.463 e. The molecule has 2 aromatic carbocycles. The molecule has 4 aromatic rings. The second-order valence-corrected chi connectivity index (χ2v) is 18.4. The summed E-state index contributed by atoms with van der Waals surface area (Å²) < 4.78 is 55.9. The van der Waals surface area contributed by atoms with Gasteiger partial charge in [0.2, 0.25) is 0 Å². The monoisotopic (exact) mass is 794 g/mol. The maximum atomic E-state index is 17.3. The van der Waals surface area contributed by atoms with Crippen LogP contribution in [-0.2, 0) is 14.2 Å². The van der Waals surface area contributed by atoms with Gasteiger partial charge in [-0.2, -0.15) is 15.2 Å². The largest absolute Gasteiger partial charge is 0.463 e. The lowest BCUT2D eigenvalue weighted by molar-refractivity contribution is 0.0122. The minimum absolute atomic E-state index is 0.0222. The van der Waals surface area contributed by atoms with Gasteiger partial charge in [-0.25, -0.2) is 18.4 Å². The lowest BCUT2D eigenvalue weighted by atomic mass is 9.71. The van der Waals surface area contributed by atoms with Gasteiger partial charge in [-0.3, -0.25) is 10.2 Å². The molecule has 1 N–H and O–H groups in total. The Morgan fingerprint density at radius 1 is 1.09 bits per heavy atom. The lowest BCUT2D eigenvalue weighted by Gasteiger charge is -2.42. The van der Waals surface area contributed by atoms with Crippen LogP contribution in [0.4, 0.5) is 29.2 Å². The first-order valence-electron chi connectivity index (χ1n) is 18.3. The van der Waals surface area contributed by atoms with Crippen LogP contribution in [0.15, 0.2) is 18.2 Å². The quantitative estimate of drug-likeness (QED) is 0.202. The number of fused-ring (bicyclic) bond motifs is 5. The number of hydrogen-bond acceptors (Lipinski definition) is 11. The van der Waals surface area contributed by atoms with Gasteiger partial charge in [0.1, 0.15) is 39.4 Å². The normalized spacial score (nSPS) is 23.2. The summed E-state index contributed by atoms with van der Waals surface area (Å²) in [7, 11) is 0. The van der Waals surface area contributed by atoms with Crippen molar-refractivity contribution in [3.05, 3.63) is 40.4 Å². The Kier molecular flexibility index (Phi) is 9.05. The second kappa shape index (κ2) is 13.3. The van der Waals surface area contributed by atoms with Crippen molar-refractivity contribution in [3.8, 4) is 23.2 Å². The van der Waals surface area contributed by atoms with Gasteiger partial charge in [0.15, 0.2) is 5.82 Å². The van der Waals surface area contributed by atoms with E-state index in [1.165, 1.54) is 12.1 Å². The van der Waals surface area contributed by atoms with Gasteiger partial charge in [-0.05, 0) is 84.9 Å². The number of nitrogens with one attached hydrogen (secondary N) is 1. The highest BCUT2D eigenvalue weighted by Gasteiger charge is 2.52. The molecule has 0 radical (unpaired) electrons. The molecule has 9 rings (SSSR count). The third-order valence-corrected chi connectivity index (χ3v) is 11.9. The van der Waals surface area contributed by atoms with Gasteiger partial charge >= 0.3 is 18.2 Å². The number of benzene rings is 2. The van der Waals surface area contributed by atoms with Crippen LogP contribution in [0.5, 0.6) is 6.01 Å². The van der Waals surface area contributed by atoms with E-state index in [2.05, 4.69) is 16.4 Å². The molecular formula is C39H41ClF2N6O6S. The third-order valence-electron chi connectivity index (χ3n) is 10.5. The molecule has 4 bridgehead atoms. The number of hydrogen-bond donors (Lipinski definition) is 1. The highest BCUT2D eigenvalue weighted by atomic mass is 35.5. The molecule has 1 saturated carbocycles. The van der Waals surface area contributed by atoms with Crippen LogP contribution in [-0.4, -0.2) is 82.7 Å². The molecule has 2 aromatic heterocycles. The molecule has 290 valence electrons. The van der Waals surface area contributed by atoms with Crippen LogP contribution in [0.3, 0.4) is 0 Å². The summed E-state index contributed by atoms with van der Waals surface area (Å²) in [6.45, 7) is 12.3. The first-order chi connectivity index (χ1) is 25.9. The van der Waals surface area contributed by atoms with E-state index in [4.69, 9.17) is 35.5 Å². The number of anilines is 2. The maximum Gasteiger partial charge on any atom is 0.412 e. The summed E-state index contributed by atoms with van der Waals surface area (Å²) in [5.41, 5.74) is -1.74. The number of piperazine rings is 1. The molecule has 1 aliphatic carbocycles. The first-order valence-corrected chi connectivity index (χ1v) is 19.5. The molecule has 5 fully saturated rings.